The summed E-state index contributed by atoms with van der Waals surface area (Å²) < 4.78 is 1.87. The van der Waals surface area contributed by atoms with E-state index >= 15 is 0 Å². The number of rotatable bonds is 9. The van der Waals surface area contributed by atoms with E-state index in [-0.39, 0.29) is 41.5 Å². The Bertz CT molecular complexity index is 1430. The van der Waals surface area contributed by atoms with Crippen LogP contribution in [0.1, 0.15) is 52.4 Å². The van der Waals surface area contributed by atoms with Crippen molar-refractivity contribution in [3.8, 4) is 11.3 Å². The van der Waals surface area contributed by atoms with Gasteiger partial charge in [0.2, 0.25) is 17.7 Å². The van der Waals surface area contributed by atoms with Crippen LogP contribution in [-0.2, 0) is 20.9 Å². The highest BCUT2D eigenvalue weighted by atomic mass is 16.2. The summed E-state index contributed by atoms with van der Waals surface area (Å²) in [6.07, 6.45) is 12.1. The minimum atomic E-state index is -0.734. The van der Waals surface area contributed by atoms with Gasteiger partial charge in [0.05, 0.1) is 23.5 Å². The van der Waals surface area contributed by atoms with Crippen LogP contribution >= 0.6 is 0 Å². The number of hydrogen-bond acceptors (Lipinski definition) is 6. The average Bonchev–Trinajstić information content (AvgIpc) is 3.51. The second-order valence-electron chi connectivity index (χ2n) is 12.0. The van der Waals surface area contributed by atoms with Crippen molar-refractivity contribution in [2.75, 3.05) is 0 Å². The van der Waals surface area contributed by atoms with E-state index in [2.05, 4.69) is 26.7 Å². The summed E-state index contributed by atoms with van der Waals surface area (Å²) in [5.74, 6) is -0.533. The molecule has 40 heavy (non-hydrogen) atoms. The maximum absolute atomic E-state index is 13.4. The van der Waals surface area contributed by atoms with E-state index in [0.29, 0.717) is 25.2 Å². The number of likely N-dealkylation sites (tertiary alicyclic amines) is 1. The summed E-state index contributed by atoms with van der Waals surface area (Å²) in [6, 6.07) is 9.42. The summed E-state index contributed by atoms with van der Waals surface area (Å²) >= 11 is 0. The average molecular weight is 541 g/mol. The van der Waals surface area contributed by atoms with Crippen LogP contribution in [0.4, 0.5) is 0 Å². The zero-order chi connectivity index (χ0) is 27.8. The van der Waals surface area contributed by atoms with Crippen LogP contribution in [0, 0.1) is 23.7 Å². The van der Waals surface area contributed by atoms with Crippen LogP contribution in [0.5, 0.6) is 0 Å². The molecule has 3 aliphatic rings. The molecule has 1 saturated carbocycles. The number of nitrogens with zero attached hydrogens (tertiary/aromatic N) is 5. The van der Waals surface area contributed by atoms with Crippen molar-refractivity contribution in [2.45, 2.75) is 71.0 Å². The first-order valence-corrected chi connectivity index (χ1v) is 14.4. The summed E-state index contributed by atoms with van der Waals surface area (Å²) in [7, 11) is 0. The van der Waals surface area contributed by atoms with Crippen molar-refractivity contribution in [3.05, 3.63) is 54.9 Å². The summed E-state index contributed by atoms with van der Waals surface area (Å²) in [5.41, 5.74) is 2.70. The van der Waals surface area contributed by atoms with E-state index < -0.39 is 6.04 Å². The van der Waals surface area contributed by atoms with Gasteiger partial charge in [-0.3, -0.25) is 28.9 Å². The third-order valence-corrected chi connectivity index (χ3v) is 8.62. The Hall–Kier alpha value is -3.88. The fourth-order valence-corrected chi connectivity index (χ4v) is 6.36. The zero-order valence-corrected chi connectivity index (χ0v) is 23.1. The van der Waals surface area contributed by atoms with Crippen LogP contribution < -0.4 is 5.32 Å². The molecule has 0 bridgehead atoms. The van der Waals surface area contributed by atoms with Crippen molar-refractivity contribution in [2.24, 2.45) is 23.7 Å². The number of aromatic nitrogens is 4. The molecule has 3 aromatic rings. The fourth-order valence-electron chi connectivity index (χ4n) is 6.36. The van der Waals surface area contributed by atoms with Gasteiger partial charge in [-0.05, 0) is 62.5 Å². The van der Waals surface area contributed by atoms with E-state index in [1.165, 1.54) is 4.90 Å². The van der Waals surface area contributed by atoms with Gasteiger partial charge in [-0.25, -0.2) is 0 Å². The lowest BCUT2D eigenvalue weighted by molar-refractivity contribution is -0.149. The standard InChI is InChI=1S/C31H36N6O3/c1-19(2)13-28(37-30(39)24-8-4-5-9-25(24)31(37)40)29(38)33-23-14-20(15-23)11-12-36-18-27(34-35-36)22-16-21-7-3-6-10-26(21)32-17-22/h3-7,10,16-20,23-25,28H,8-9,11-15H2,1-2H3,(H,33,38). The lowest BCUT2D eigenvalue weighted by Gasteiger charge is -2.37. The van der Waals surface area contributed by atoms with E-state index in [9.17, 15) is 14.4 Å². The smallest absolute Gasteiger partial charge is 0.243 e. The molecule has 3 amide bonds. The number of aryl methyl sites for hydroxylation is 1. The van der Waals surface area contributed by atoms with Gasteiger partial charge < -0.3 is 5.32 Å². The first kappa shape index (κ1) is 26.3. The van der Waals surface area contributed by atoms with E-state index in [4.69, 9.17) is 0 Å². The Balaban J connectivity index is 1.01. The van der Waals surface area contributed by atoms with Crippen LogP contribution in [-0.4, -0.2) is 54.7 Å². The first-order valence-electron chi connectivity index (χ1n) is 14.4. The first-order chi connectivity index (χ1) is 19.4. The molecular formula is C31H36N6O3. The summed E-state index contributed by atoms with van der Waals surface area (Å²) in [4.78, 5) is 45.5. The lowest BCUT2D eigenvalue weighted by atomic mass is 9.78. The Morgan fingerprint density at radius 1 is 1.07 bits per heavy atom. The van der Waals surface area contributed by atoms with Gasteiger partial charge >= 0.3 is 0 Å². The second kappa shape index (κ2) is 10.9. The molecule has 208 valence electrons. The molecule has 2 aromatic heterocycles. The Labute approximate surface area is 234 Å². The van der Waals surface area contributed by atoms with Crippen molar-refractivity contribution in [1.29, 1.82) is 0 Å². The minimum Gasteiger partial charge on any atom is -0.352 e. The van der Waals surface area contributed by atoms with Crippen molar-refractivity contribution in [3.63, 3.8) is 0 Å². The largest absolute Gasteiger partial charge is 0.352 e. The molecule has 1 N–H and O–H groups in total. The van der Waals surface area contributed by atoms with Gasteiger partial charge in [0, 0.05) is 29.7 Å². The quantitative estimate of drug-likeness (QED) is 0.323. The SMILES string of the molecule is CC(C)CC(C(=O)NC1CC(CCn2cc(-c3cnc4ccccc4c3)nn2)C1)N1C(=O)C2CC=CCC2C1=O. The van der Waals surface area contributed by atoms with Crippen molar-refractivity contribution in [1.82, 2.24) is 30.2 Å². The molecule has 9 nitrogen and oxygen atoms in total. The van der Waals surface area contributed by atoms with Gasteiger partial charge in [-0.2, -0.15) is 0 Å². The maximum Gasteiger partial charge on any atom is 0.243 e. The van der Waals surface area contributed by atoms with Crippen molar-refractivity contribution < 1.29 is 14.4 Å². The number of carbonyl (C=O) groups excluding carboxylic acids is 3. The normalized spacial score (nSPS) is 24.8. The van der Waals surface area contributed by atoms with Crippen molar-refractivity contribution >= 4 is 28.6 Å². The molecule has 9 heteroatoms. The molecule has 2 aliphatic carbocycles. The Morgan fingerprint density at radius 2 is 1.80 bits per heavy atom. The molecule has 0 spiro atoms. The third kappa shape index (κ3) is 5.17. The number of para-hydroxylation sites is 1. The van der Waals surface area contributed by atoms with Crippen LogP contribution in [0.15, 0.2) is 54.9 Å². The second-order valence-corrected chi connectivity index (χ2v) is 12.0. The Kier molecular flexibility index (Phi) is 7.21. The number of pyridine rings is 1. The fraction of sp³-hybridized carbons (Fsp3) is 0.484. The molecule has 3 heterocycles. The zero-order valence-electron chi connectivity index (χ0n) is 23.1. The molecule has 1 aliphatic heterocycles. The highest BCUT2D eigenvalue weighted by Crippen LogP contribution is 2.37. The van der Waals surface area contributed by atoms with E-state index in [0.717, 1.165) is 48.0 Å². The minimum absolute atomic E-state index is 0.0684. The summed E-state index contributed by atoms with van der Waals surface area (Å²) in [6.45, 7) is 4.79. The monoisotopic (exact) mass is 540 g/mol. The topological polar surface area (TPSA) is 110 Å². The number of nitrogens with one attached hydrogen (secondary N) is 1. The van der Waals surface area contributed by atoms with Crippen LogP contribution in [0.25, 0.3) is 22.2 Å². The summed E-state index contributed by atoms with van der Waals surface area (Å²) in [5, 5.41) is 12.9. The predicted octanol–water partition coefficient (Wildman–Crippen LogP) is 4.14. The van der Waals surface area contributed by atoms with Crippen LogP contribution in [0.2, 0.25) is 0 Å². The number of amides is 3. The number of carbonyl (C=O) groups is 3. The maximum atomic E-state index is 13.4. The molecule has 6 rings (SSSR count). The molecule has 2 fully saturated rings. The van der Waals surface area contributed by atoms with Gasteiger partial charge in [-0.15, -0.1) is 5.10 Å². The highest BCUT2D eigenvalue weighted by molar-refractivity contribution is 6.08. The lowest BCUT2D eigenvalue weighted by Crippen LogP contribution is -2.55. The third-order valence-electron chi connectivity index (χ3n) is 8.62. The van der Waals surface area contributed by atoms with Gasteiger partial charge in [-0.1, -0.05) is 49.4 Å². The number of hydrogen-bond donors (Lipinski definition) is 1. The molecular weight excluding hydrogens is 504 g/mol. The number of benzene rings is 1. The highest BCUT2D eigenvalue weighted by Gasteiger charge is 2.51. The predicted molar refractivity (Wildman–Crippen MR) is 150 cm³/mol. The number of fused-ring (bicyclic) bond motifs is 2. The number of allylic oxidation sites excluding steroid dienone is 2. The Morgan fingerprint density at radius 3 is 2.52 bits per heavy atom. The molecule has 1 saturated heterocycles. The van der Waals surface area contributed by atoms with Gasteiger partial charge in [0.15, 0.2) is 0 Å². The number of imide groups is 1. The molecule has 3 atom stereocenters. The van der Waals surface area contributed by atoms with E-state index in [1.54, 1.807) is 0 Å². The van der Waals surface area contributed by atoms with Gasteiger partial charge in [0.25, 0.3) is 0 Å². The van der Waals surface area contributed by atoms with Gasteiger partial charge in [0.1, 0.15) is 11.7 Å². The van der Waals surface area contributed by atoms with Crippen LogP contribution in [0.3, 0.4) is 0 Å². The van der Waals surface area contributed by atoms with E-state index in [1.807, 2.05) is 67.3 Å². The molecule has 3 unspecified atom stereocenters. The molecule has 0 radical (unpaired) electrons. The molecule has 1 aromatic carbocycles.